The summed E-state index contributed by atoms with van der Waals surface area (Å²) in [6.45, 7) is 0.0836. The molecule has 0 saturated heterocycles. The van der Waals surface area contributed by atoms with Crippen molar-refractivity contribution in [3.05, 3.63) is 88.2 Å². The van der Waals surface area contributed by atoms with Gasteiger partial charge in [0.05, 0.1) is 12.1 Å². The number of carbonyl (C=O) groups is 2. The first kappa shape index (κ1) is 20.4. The lowest BCUT2D eigenvalue weighted by Gasteiger charge is -2.03. The predicted molar refractivity (Wildman–Crippen MR) is 105 cm³/mol. The Balaban J connectivity index is 1.43. The number of carbonyl (C=O) groups excluding carboxylic acids is 2. The maximum absolute atomic E-state index is 13.8. The minimum atomic E-state index is -1.32. The minimum absolute atomic E-state index is 0.00303. The summed E-state index contributed by atoms with van der Waals surface area (Å²) in [5, 5.41) is 11.9. The van der Waals surface area contributed by atoms with E-state index in [0.717, 1.165) is 17.8 Å². The number of aromatic nitrogens is 4. The molecule has 7 nitrogen and oxygen atoms in total. The van der Waals surface area contributed by atoms with Gasteiger partial charge in [-0.1, -0.05) is 11.3 Å². The van der Waals surface area contributed by atoms with Crippen LogP contribution in [-0.2, 0) is 6.54 Å². The van der Waals surface area contributed by atoms with E-state index in [4.69, 9.17) is 0 Å². The van der Waals surface area contributed by atoms with Crippen molar-refractivity contribution < 1.29 is 22.8 Å². The normalized spacial score (nSPS) is 10.8. The maximum atomic E-state index is 13.8. The number of hydrogen-bond acceptors (Lipinski definition) is 6. The van der Waals surface area contributed by atoms with Gasteiger partial charge in [0.1, 0.15) is 33.2 Å². The van der Waals surface area contributed by atoms with Gasteiger partial charge in [-0.2, -0.15) is 0 Å². The highest BCUT2D eigenvalue weighted by molar-refractivity contribution is 7.14. The summed E-state index contributed by atoms with van der Waals surface area (Å²) in [5.41, 5.74) is -0.248. The molecule has 0 bridgehead atoms. The van der Waals surface area contributed by atoms with Gasteiger partial charge in [0.25, 0.3) is 5.91 Å². The van der Waals surface area contributed by atoms with Crippen LogP contribution in [0.1, 0.15) is 31.4 Å². The molecule has 0 radical (unpaired) electrons. The van der Waals surface area contributed by atoms with Crippen LogP contribution in [0.5, 0.6) is 0 Å². The van der Waals surface area contributed by atoms with Crippen LogP contribution in [0, 0.1) is 17.5 Å². The van der Waals surface area contributed by atoms with E-state index in [9.17, 15) is 22.8 Å². The number of nitrogens with zero attached hydrogens (tertiary/aromatic N) is 3. The lowest BCUT2D eigenvalue weighted by atomic mass is 10.0. The Morgan fingerprint density at radius 1 is 1.10 bits per heavy atom. The number of nitrogens with one attached hydrogen (secondary N) is 2. The second-order valence-electron chi connectivity index (χ2n) is 6.30. The fraction of sp³-hybridized carbons (Fsp3) is 0.0500. The number of pyridine rings is 1. The van der Waals surface area contributed by atoms with Crippen molar-refractivity contribution in [2.75, 3.05) is 0 Å². The summed E-state index contributed by atoms with van der Waals surface area (Å²) in [7, 11) is 0. The van der Waals surface area contributed by atoms with Gasteiger partial charge in [0, 0.05) is 41.9 Å². The second-order valence-corrected chi connectivity index (χ2v) is 7.36. The number of aromatic amines is 1. The number of rotatable bonds is 6. The number of ketones is 1. The third kappa shape index (κ3) is 4.36. The molecule has 156 valence electrons. The number of halogens is 3. The molecular formula is C20H12F3N5O2S. The lowest BCUT2D eigenvalue weighted by Crippen LogP contribution is -2.23. The molecule has 4 rings (SSSR count). The zero-order valence-corrected chi connectivity index (χ0v) is 16.3. The molecule has 0 spiro atoms. The summed E-state index contributed by atoms with van der Waals surface area (Å²) in [6, 6.07) is 5.59. The first-order chi connectivity index (χ1) is 14.9. The van der Waals surface area contributed by atoms with Crippen LogP contribution in [0.25, 0.3) is 10.6 Å². The van der Waals surface area contributed by atoms with Crippen LogP contribution in [0.15, 0.2) is 48.9 Å². The summed E-state index contributed by atoms with van der Waals surface area (Å²) in [6.07, 6.45) is 4.43. The molecule has 1 amide bonds. The Kier molecular flexibility index (Phi) is 5.58. The zero-order valence-electron chi connectivity index (χ0n) is 15.5. The quantitative estimate of drug-likeness (QED) is 0.444. The molecule has 4 aromatic rings. The monoisotopic (exact) mass is 443 g/mol. The van der Waals surface area contributed by atoms with Crippen molar-refractivity contribution in [1.29, 1.82) is 0 Å². The highest BCUT2D eigenvalue weighted by atomic mass is 32.1. The van der Waals surface area contributed by atoms with Gasteiger partial charge in [-0.05, 0) is 18.2 Å². The molecule has 0 unspecified atom stereocenters. The molecule has 0 fully saturated rings. The van der Waals surface area contributed by atoms with Gasteiger partial charge < -0.3 is 10.3 Å². The minimum Gasteiger partial charge on any atom is -0.356 e. The molecule has 2 N–H and O–H groups in total. The standard InChI is InChI=1S/C20H12F3N5O2S/c21-12-5-13(22)17(14(23)6-12)18(29)11-4-15(25-8-11)19(30)26-9-16-27-28-20(31-16)10-2-1-3-24-7-10/h1-8,25H,9H2,(H,26,30). The van der Waals surface area contributed by atoms with Gasteiger partial charge >= 0.3 is 0 Å². The molecule has 1 aromatic carbocycles. The van der Waals surface area contributed by atoms with Crippen LogP contribution in [0.2, 0.25) is 0 Å². The molecule has 0 saturated carbocycles. The second kappa shape index (κ2) is 8.48. The van der Waals surface area contributed by atoms with E-state index in [1.54, 1.807) is 18.5 Å². The van der Waals surface area contributed by atoms with Crippen LogP contribution >= 0.6 is 11.3 Å². The van der Waals surface area contributed by atoms with Gasteiger partial charge in [-0.15, -0.1) is 10.2 Å². The van der Waals surface area contributed by atoms with Gasteiger partial charge in [-0.25, -0.2) is 13.2 Å². The average molecular weight is 443 g/mol. The van der Waals surface area contributed by atoms with Crippen molar-refractivity contribution in [3.8, 4) is 10.6 Å². The molecule has 11 heteroatoms. The Morgan fingerprint density at radius 3 is 2.58 bits per heavy atom. The zero-order chi connectivity index (χ0) is 22.0. The highest BCUT2D eigenvalue weighted by Crippen LogP contribution is 2.22. The number of benzene rings is 1. The van der Waals surface area contributed by atoms with Crippen molar-refractivity contribution in [2.45, 2.75) is 6.54 Å². The van der Waals surface area contributed by atoms with Crippen LogP contribution < -0.4 is 5.32 Å². The molecular weight excluding hydrogens is 431 g/mol. The first-order valence-corrected chi connectivity index (χ1v) is 9.62. The molecule has 0 aliphatic heterocycles. The lowest BCUT2D eigenvalue weighted by molar-refractivity contribution is 0.0946. The van der Waals surface area contributed by atoms with E-state index in [1.165, 1.54) is 11.3 Å². The largest absolute Gasteiger partial charge is 0.356 e. The summed E-state index contributed by atoms with van der Waals surface area (Å²) in [5.74, 6) is -5.36. The predicted octanol–water partition coefficient (Wildman–Crippen LogP) is 3.51. The van der Waals surface area contributed by atoms with E-state index in [2.05, 4.69) is 25.5 Å². The van der Waals surface area contributed by atoms with E-state index < -0.39 is 34.7 Å². The fourth-order valence-electron chi connectivity index (χ4n) is 2.74. The van der Waals surface area contributed by atoms with Crippen LogP contribution in [0.3, 0.4) is 0 Å². The van der Waals surface area contributed by atoms with E-state index in [0.29, 0.717) is 22.1 Å². The number of H-pyrrole nitrogens is 1. The summed E-state index contributed by atoms with van der Waals surface area (Å²) < 4.78 is 40.7. The Hall–Kier alpha value is -3.86. The summed E-state index contributed by atoms with van der Waals surface area (Å²) in [4.78, 5) is 31.3. The van der Waals surface area contributed by atoms with E-state index in [-0.39, 0.29) is 17.8 Å². The van der Waals surface area contributed by atoms with Gasteiger partial charge in [-0.3, -0.25) is 14.6 Å². The molecule has 3 aromatic heterocycles. The maximum Gasteiger partial charge on any atom is 0.268 e. The Bertz CT molecular complexity index is 1250. The molecule has 0 aliphatic rings. The van der Waals surface area contributed by atoms with Crippen molar-refractivity contribution in [2.24, 2.45) is 0 Å². The topological polar surface area (TPSA) is 101 Å². The molecule has 0 atom stereocenters. The van der Waals surface area contributed by atoms with Crippen molar-refractivity contribution in [1.82, 2.24) is 25.5 Å². The van der Waals surface area contributed by atoms with Gasteiger partial charge in [0.2, 0.25) is 0 Å². The highest BCUT2D eigenvalue weighted by Gasteiger charge is 2.22. The van der Waals surface area contributed by atoms with Crippen LogP contribution in [-0.4, -0.2) is 31.9 Å². The van der Waals surface area contributed by atoms with E-state index in [1.807, 2.05) is 6.07 Å². The van der Waals surface area contributed by atoms with Gasteiger partial charge in [0.15, 0.2) is 5.78 Å². The molecule has 31 heavy (non-hydrogen) atoms. The van der Waals surface area contributed by atoms with Crippen LogP contribution in [0.4, 0.5) is 13.2 Å². The Labute approximate surface area is 177 Å². The average Bonchev–Trinajstić information content (AvgIpc) is 3.42. The summed E-state index contributed by atoms with van der Waals surface area (Å²) >= 11 is 1.28. The smallest absolute Gasteiger partial charge is 0.268 e. The van der Waals surface area contributed by atoms with E-state index >= 15 is 0 Å². The molecule has 0 aliphatic carbocycles. The Morgan fingerprint density at radius 2 is 1.87 bits per heavy atom. The number of amides is 1. The SMILES string of the molecule is O=C(NCc1nnc(-c2cccnc2)s1)c1cc(C(=O)c2c(F)cc(F)cc2F)c[nH]1. The number of hydrogen-bond donors (Lipinski definition) is 2. The first-order valence-electron chi connectivity index (χ1n) is 8.81. The third-order valence-electron chi connectivity index (χ3n) is 4.20. The van der Waals surface area contributed by atoms with Crippen molar-refractivity contribution >= 4 is 23.0 Å². The third-order valence-corrected chi connectivity index (χ3v) is 5.17. The van der Waals surface area contributed by atoms with Crippen molar-refractivity contribution in [3.63, 3.8) is 0 Å². The molecule has 3 heterocycles. The fourth-order valence-corrected chi connectivity index (χ4v) is 3.51.